The number of carbonyl (C=O) groups excluding carboxylic acids is 1. The Bertz CT molecular complexity index is 670. The van der Waals surface area contributed by atoms with E-state index < -0.39 is 0 Å². The second kappa shape index (κ2) is 5.70. The number of aromatic nitrogens is 1. The average molecular weight is 284 g/mol. The number of nitrogens with zero attached hydrogens (tertiary/aromatic N) is 3. The van der Waals surface area contributed by atoms with Crippen molar-refractivity contribution in [3.63, 3.8) is 0 Å². The van der Waals surface area contributed by atoms with E-state index in [0.717, 1.165) is 11.1 Å². The molecular formula is C15H13FN4O. The van der Waals surface area contributed by atoms with Gasteiger partial charge in [-0.2, -0.15) is 5.10 Å². The molecule has 1 aliphatic heterocycles. The third-order valence-electron chi connectivity index (χ3n) is 3.15. The first-order valence-corrected chi connectivity index (χ1v) is 6.49. The van der Waals surface area contributed by atoms with E-state index >= 15 is 0 Å². The van der Waals surface area contributed by atoms with Gasteiger partial charge in [-0.25, -0.2) is 9.82 Å². The lowest BCUT2D eigenvalue weighted by molar-refractivity contribution is -0.122. The number of nitrogens with one attached hydrogen (secondary N) is 1. The van der Waals surface area contributed by atoms with Crippen molar-refractivity contribution < 1.29 is 9.18 Å². The van der Waals surface area contributed by atoms with E-state index in [9.17, 15) is 9.18 Å². The first kappa shape index (κ1) is 13.2. The Morgan fingerprint density at radius 2 is 1.86 bits per heavy atom. The van der Waals surface area contributed by atoms with Gasteiger partial charge in [0.15, 0.2) is 5.84 Å². The Hall–Kier alpha value is -2.76. The van der Waals surface area contributed by atoms with Gasteiger partial charge >= 0.3 is 0 Å². The van der Waals surface area contributed by atoms with Crippen LogP contribution < -0.4 is 5.43 Å². The van der Waals surface area contributed by atoms with Crippen molar-refractivity contribution >= 4 is 11.7 Å². The molecule has 106 valence electrons. The normalized spacial score (nSPS) is 14.6. The molecule has 2 heterocycles. The number of carbonyl (C=O) groups is 1. The smallest absolute Gasteiger partial charge is 0.259 e. The molecule has 0 spiro atoms. The summed E-state index contributed by atoms with van der Waals surface area (Å²) >= 11 is 0. The minimum Gasteiger partial charge on any atom is -0.341 e. The number of hydrazone groups is 1. The van der Waals surface area contributed by atoms with Crippen molar-refractivity contribution in [3.8, 4) is 0 Å². The molecule has 1 aromatic heterocycles. The predicted molar refractivity (Wildman–Crippen MR) is 75.7 cm³/mol. The van der Waals surface area contributed by atoms with Gasteiger partial charge in [-0.1, -0.05) is 0 Å². The van der Waals surface area contributed by atoms with Crippen molar-refractivity contribution in [2.24, 2.45) is 5.10 Å². The lowest BCUT2D eigenvalue weighted by atomic mass is 10.1. The highest BCUT2D eigenvalue weighted by Crippen LogP contribution is 2.13. The van der Waals surface area contributed by atoms with Crippen LogP contribution in [-0.4, -0.2) is 28.2 Å². The molecule has 21 heavy (non-hydrogen) atoms. The molecule has 0 atom stereocenters. The van der Waals surface area contributed by atoms with Gasteiger partial charge in [-0.15, -0.1) is 0 Å². The highest BCUT2D eigenvalue weighted by atomic mass is 19.1. The molecule has 0 saturated carbocycles. The Morgan fingerprint density at radius 1 is 1.14 bits per heavy atom. The van der Waals surface area contributed by atoms with E-state index in [1.165, 1.54) is 12.1 Å². The largest absolute Gasteiger partial charge is 0.341 e. The summed E-state index contributed by atoms with van der Waals surface area (Å²) in [6.07, 6.45) is 3.40. The van der Waals surface area contributed by atoms with E-state index in [1.54, 1.807) is 24.5 Å². The minimum absolute atomic E-state index is 0.171. The SMILES string of the molecule is O=C1CN(Cc2ccncc2)C(c2ccc(F)cc2)=NN1. The van der Waals surface area contributed by atoms with E-state index in [-0.39, 0.29) is 18.3 Å². The van der Waals surface area contributed by atoms with Gasteiger partial charge < -0.3 is 4.90 Å². The molecule has 6 heteroatoms. The maximum absolute atomic E-state index is 13.0. The number of rotatable bonds is 3. The molecule has 0 unspecified atom stereocenters. The zero-order chi connectivity index (χ0) is 14.7. The summed E-state index contributed by atoms with van der Waals surface area (Å²) in [6.45, 7) is 0.741. The topological polar surface area (TPSA) is 57.6 Å². The van der Waals surface area contributed by atoms with Gasteiger partial charge in [0, 0.05) is 24.5 Å². The fraction of sp³-hybridized carbons (Fsp3) is 0.133. The van der Waals surface area contributed by atoms with Crippen LogP contribution in [0.15, 0.2) is 53.9 Å². The molecule has 2 aromatic rings. The fourth-order valence-corrected chi connectivity index (χ4v) is 2.16. The summed E-state index contributed by atoms with van der Waals surface area (Å²) in [5, 5.41) is 4.09. The lowest BCUT2D eigenvalue weighted by Crippen LogP contribution is -2.45. The summed E-state index contributed by atoms with van der Waals surface area (Å²) in [6, 6.07) is 9.80. The van der Waals surface area contributed by atoms with Crippen molar-refractivity contribution in [1.29, 1.82) is 0 Å². The first-order chi connectivity index (χ1) is 10.2. The van der Waals surface area contributed by atoms with Crippen LogP contribution in [0.4, 0.5) is 4.39 Å². The molecular weight excluding hydrogens is 271 g/mol. The molecule has 1 aliphatic rings. The van der Waals surface area contributed by atoms with Gasteiger partial charge in [0.05, 0.1) is 0 Å². The molecule has 0 radical (unpaired) electrons. The Balaban J connectivity index is 1.89. The number of hydrogen-bond acceptors (Lipinski definition) is 4. The van der Waals surface area contributed by atoms with Gasteiger partial charge in [-0.05, 0) is 42.0 Å². The number of pyridine rings is 1. The molecule has 1 aromatic carbocycles. The fourth-order valence-electron chi connectivity index (χ4n) is 2.16. The maximum Gasteiger partial charge on any atom is 0.259 e. The van der Waals surface area contributed by atoms with Crippen molar-refractivity contribution in [1.82, 2.24) is 15.3 Å². The second-order valence-electron chi connectivity index (χ2n) is 4.69. The van der Waals surface area contributed by atoms with Gasteiger partial charge in [0.2, 0.25) is 0 Å². The zero-order valence-corrected chi connectivity index (χ0v) is 11.2. The molecule has 0 fully saturated rings. The molecule has 5 nitrogen and oxygen atoms in total. The molecule has 1 amide bonds. The van der Waals surface area contributed by atoms with Gasteiger partial charge in [0.1, 0.15) is 12.4 Å². The highest BCUT2D eigenvalue weighted by Gasteiger charge is 2.22. The summed E-state index contributed by atoms with van der Waals surface area (Å²) in [4.78, 5) is 17.4. The third kappa shape index (κ3) is 3.05. The lowest BCUT2D eigenvalue weighted by Gasteiger charge is -2.28. The van der Waals surface area contributed by atoms with Crippen LogP contribution >= 0.6 is 0 Å². The van der Waals surface area contributed by atoms with Crippen LogP contribution in [0.3, 0.4) is 0 Å². The second-order valence-corrected chi connectivity index (χ2v) is 4.69. The number of benzene rings is 1. The van der Waals surface area contributed by atoms with Crippen molar-refractivity contribution in [2.75, 3.05) is 6.54 Å². The Morgan fingerprint density at radius 3 is 2.57 bits per heavy atom. The van der Waals surface area contributed by atoms with E-state index in [4.69, 9.17) is 0 Å². The monoisotopic (exact) mass is 284 g/mol. The Kier molecular flexibility index (Phi) is 3.59. The first-order valence-electron chi connectivity index (χ1n) is 6.49. The van der Waals surface area contributed by atoms with Gasteiger partial charge in [-0.3, -0.25) is 9.78 Å². The van der Waals surface area contributed by atoms with E-state index in [1.807, 2.05) is 17.0 Å². The van der Waals surface area contributed by atoms with Crippen LogP contribution in [0.25, 0.3) is 0 Å². The van der Waals surface area contributed by atoms with Crippen LogP contribution in [-0.2, 0) is 11.3 Å². The van der Waals surface area contributed by atoms with Crippen LogP contribution in [0.2, 0.25) is 0 Å². The summed E-state index contributed by atoms with van der Waals surface area (Å²) < 4.78 is 13.0. The standard InChI is InChI=1S/C15H13FN4O/c16-13-3-1-12(2-4-13)15-19-18-14(21)10-20(15)9-11-5-7-17-8-6-11/h1-8H,9-10H2,(H,18,21). The summed E-state index contributed by atoms with van der Waals surface area (Å²) in [7, 11) is 0. The Labute approximate surface area is 121 Å². The van der Waals surface area contributed by atoms with Crippen LogP contribution in [0.5, 0.6) is 0 Å². The summed E-state index contributed by atoms with van der Waals surface area (Å²) in [5.41, 5.74) is 4.24. The van der Waals surface area contributed by atoms with E-state index in [0.29, 0.717) is 12.4 Å². The summed E-state index contributed by atoms with van der Waals surface area (Å²) in [5.74, 6) is 0.140. The molecule has 1 N–H and O–H groups in total. The van der Waals surface area contributed by atoms with Crippen LogP contribution in [0.1, 0.15) is 11.1 Å². The van der Waals surface area contributed by atoms with Crippen LogP contribution in [0, 0.1) is 5.82 Å². The zero-order valence-electron chi connectivity index (χ0n) is 11.2. The highest BCUT2D eigenvalue weighted by molar-refractivity contribution is 6.02. The third-order valence-corrected chi connectivity index (χ3v) is 3.15. The molecule has 0 saturated heterocycles. The molecule has 3 rings (SSSR count). The number of halogens is 1. The van der Waals surface area contributed by atoms with Gasteiger partial charge in [0.25, 0.3) is 5.91 Å². The molecule has 0 bridgehead atoms. The number of hydrogen-bond donors (Lipinski definition) is 1. The minimum atomic E-state index is -0.306. The average Bonchev–Trinajstić information content (AvgIpc) is 2.50. The van der Waals surface area contributed by atoms with Crippen molar-refractivity contribution in [2.45, 2.75) is 6.54 Å². The predicted octanol–water partition coefficient (Wildman–Crippen LogP) is 1.51. The molecule has 0 aliphatic carbocycles. The maximum atomic E-state index is 13.0. The van der Waals surface area contributed by atoms with Crippen molar-refractivity contribution in [3.05, 3.63) is 65.7 Å². The number of amidine groups is 1. The number of amides is 1. The quantitative estimate of drug-likeness (QED) is 0.929. The van der Waals surface area contributed by atoms with E-state index in [2.05, 4.69) is 15.5 Å².